The number of aryl methyl sites for hydroxylation is 1. The molecule has 26 heavy (non-hydrogen) atoms. The molecule has 3 rings (SSSR count). The molecular formula is C23H30Br2Zr. The molecule has 0 bridgehead atoms. The van der Waals surface area contributed by atoms with E-state index in [1.165, 1.54) is 52.3 Å². The minimum absolute atomic E-state index is 0. The van der Waals surface area contributed by atoms with E-state index in [2.05, 4.69) is 84.0 Å². The van der Waals surface area contributed by atoms with Gasteiger partial charge in [-0.25, -0.2) is 5.57 Å². The molecule has 3 heteroatoms. The van der Waals surface area contributed by atoms with Crippen LogP contribution in [-0.2, 0) is 32.6 Å². The summed E-state index contributed by atoms with van der Waals surface area (Å²) in [4.78, 5) is 0. The van der Waals surface area contributed by atoms with Gasteiger partial charge in [0.1, 0.15) is 0 Å². The molecule has 0 aliphatic heterocycles. The SMILES string of the molecule is CC1=[C-]C(C)(C)C(C)=C1C.CCCCc1cc2ccccc2[cH-]1.[Br-].[Br-].[Zr+4]. The maximum Gasteiger partial charge on any atom is 4.00 e. The van der Waals surface area contributed by atoms with Crippen molar-refractivity contribution in [3.63, 3.8) is 0 Å². The molecule has 0 nitrogen and oxygen atoms in total. The largest absolute Gasteiger partial charge is 4.00 e. The van der Waals surface area contributed by atoms with Gasteiger partial charge in [-0.2, -0.15) is 17.2 Å². The molecule has 1 aliphatic carbocycles. The molecule has 0 spiro atoms. The molecule has 2 aromatic rings. The molecule has 0 saturated carbocycles. The minimum atomic E-state index is 0. The second-order valence-corrected chi connectivity index (χ2v) is 7.22. The normalized spacial score (nSPS) is 14.5. The summed E-state index contributed by atoms with van der Waals surface area (Å²) in [6.45, 7) is 13.2. The first-order valence-electron chi connectivity index (χ1n) is 8.79. The molecule has 0 saturated heterocycles. The van der Waals surface area contributed by atoms with Crippen molar-refractivity contribution < 1.29 is 60.2 Å². The van der Waals surface area contributed by atoms with E-state index < -0.39 is 0 Å². The van der Waals surface area contributed by atoms with Crippen LogP contribution in [0.15, 0.2) is 53.1 Å². The molecular weight excluding hydrogens is 527 g/mol. The number of unbranched alkanes of at least 4 members (excludes halogenated alkanes) is 1. The van der Waals surface area contributed by atoms with Gasteiger partial charge in [0.05, 0.1) is 0 Å². The van der Waals surface area contributed by atoms with Crippen molar-refractivity contribution in [1.29, 1.82) is 0 Å². The number of hydrogen-bond acceptors (Lipinski definition) is 0. The van der Waals surface area contributed by atoms with Crippen LogP contribution in [0.1, 0.15) is 59.9 Å². The Morgan fingerprint density at radius 2 is 1.65 bits per heavy atom. The standard InChI is InChI=1S/C13H15.C10H15.2BrH.Zr/c1-2-3-6-11-9-12-7-4-5-8-13(12)10-11;1-7-6-10(4,5)9(3)8(7)2;;;/h4-5,7-10H,2-3,6H2,1H3;1-5H3;2*1H;/q2*-1;;;+4/p-2. The molecule has 0 heterocycles. The van der Waals surface area contributed by atoms with Crippen LogP contribution >= 0.6 is 0 Å². The van der Waals surface area contributed by atoms with Gasteiger partial charge in [-0.3, -0.25) is 6.08 Å². The van der Waals surface area contributed by atoms with Crippen LogP contribution in [0.4, 0.5) is 0 Å². The molecule has 1 aliphatic rings. The molecule has 0 unspecified atom stereocenters. The van der Waals surface area contributed by atoms with Crippen molar-refractivity contribution in [3.05, 3.63) is 64.8 Å². The molecule has 140 valence electrons. The molecule has 2 aromatic carbocycles. The zero-order valence-electron chi connectivity index (χ0n) is 16.8. The van der Waals surface area contributed by atoms with Gasteiger partial charge in [-0.05, 0) is 6.42 Å². The van der Waals surface area contributed by atoms with E-state index in [0.29, 0.717) is 0 Å². The monoisotopic (exact) mass is 554 g/mol. The zero-order chi connectivity index (χ0) is 17.0. The van der Waals surface area contributed by atoms with E-state index in [4.69, 9.17) is 0 Å². The van der Waals surface area contributed by atoms with Crippen LogP contribution in [0, 0.1) is 11.5 Å². The van der Waals surface area contributed by atoms with Gasteiger partial charge in [0, 0.05) is 0 Å². The number of allylic oxidation sites excluding steroid dienone is 4. The van der Waals surface area contributed by atoms with Crippen LogP contribution < -0.4 is 34.0 Å². The Bertz CT molecular complexity index is 703. The van der Waals surface area contributed by atoms with Gasteiger partial charge in [0.2, 0.25) is 0 Å². The molecule has 0 atom stereocenters. The Labute approximate surface area is 200 Å². The van der Waals surface area contributed by atoms with Gasteiger partial charge in [0.25, 0.3) is 0 Å². The Kier molecular flexibility index (Phi) is 13.7. The zero-order valence-corrected chi connectivity index (χ0v) is 22.5. The van der Waals surface area contributed by atoms with Crippen molar-refractivity contribution in [1.82, 2.24) is 0 Å². The predicted molar refractivity (Wildman–Crippen MR) is 103 cm³/mol. The number of fused-ring (bicyclic) bond motifs is 1. The minimum Gasteiger partial charge on any atom is -1.00 e. The quantitative estimate of drug-likeness (QED) is 0.495. The molecule has 0 radical (unpaired) electrons. The number of benzene rings is 1. The van der Waals surface area contributed by atoms with Crippen LogP contribution in [0.5, 0.6) is 0 Å². The summed E-state index contributed by atoms with van der Waals surface area (Å²) in [5.74, 6) is 0. The fourth-order valence-electron chi connectivity index (χ4n) is 3.15. The van der Waals surface area contributed by atoms with E-state index in [9.17, 15) is 0 Å². The Morgan fingerprint density at radius 1 is 1.04 bits per heavy atom. The summed E-state index contributed by atoms with van der Waals surface area (Å²) in [5, 5.41) is 2.77. The molecule has 0 fully saturated rings. The second kappa shape index (κ2) is 12.6. The first kappa shape index (κ1) is 28.4. The average molecular weight is 558 g/mol. The number of hydrogen-bond donors (Lipinski definition) is 0. The van der Waals surface area contributed by atoms with Crippen molar-refractivity contribution in [2.75, 3.05) is 0 Å². The van der Waals surface area contributed by atoms with Crippen molar-refractivity contribution in [2.45, 2.75) is 60.8 Å². The Balaban J connectivity index is 0. The first-order chi connectivity index (χ1) is 10.8. The van der Waals surface area contributed by atoms with Gasteiger partial charge in [-0.1, -0.05) is 58.9 Å². The summed E-state index contributed by atoms with van der Waals surface area (Å²) >= 11 is 0. The summed E-state index contributed by atoms with van der Waals surface area (Å²) in [7, 11) is 0. The van der Waals surface area contributed by atoms with Crippen molar-refractivity contribution in [3.8, 4) is 0 Å². The van der Waals surface area contributed by atoms with E-state index >= 15 is 0 Å². The van der Waals surface area contributed by atoms with E-state index in [-0.39, 0.29) is 65.6 Å². The van der Waals surface area contributed by atoms with Crippen LogP contribution in [0.2, 0.25) is 0 Å². The van der Waals surface area contributed by atoms with E-state index in [1.54, 1.807) is 0 Å². The third-order valence-electron chi connectivity index (χ3n) is 5.06. The Morgan fingerprint density at radius 3 is 2.08 bits per heavy atom. The van der Waals surface area contributed by atoms with Crippen molar-refractivity contribution >= 4 is 10.8 Å². The summed E-state index contributed by atoms with van der Waals surface area (Å²) in [6, 6.07) is 13.2. The fourth-order valence-corrected chi connectivity index (χ4v) is 3.15. The third-order valence-corrected chi connectivity index (χ3v) is 5.06. The van der Waals surface area contributed by atoms with Gasteiger partial charge < -0.3 is 34.0 Å². The fraction of sp³-hybridized carbons (Fsp3) is 0.435. The second-order valence-electron chi connectivity index (χ2n) is 7.22. The maximum absolute atomic E-state index is 3.44. The van der Waals surface area contributed by atoms with Crippen LogP contribution in [-0.4, -0.2) is 0 Å². The van der Waals surface area contributed by atoms with E-state index in [1.807, 2.05) is 0 Å². The first-order valence-corrected chi connectivity index (χ1v) is 8.79. The summed E-state index contributed by atoms with van der Waals surface area (Å²) in [5.41, 5.74) is 5.88. The summed E-state index contributed by atoms with van der Waals surface area (Å²) < 4.78 is 0. The summed E-state index contributed by atoms with van der Waals surface area (Å²) in [6.07, 6.45) is 7.24. The van der Waals surface area contributed by atoms with Crippen LogP contribution in [0.3, 0.4) is 0 Å². The molecule has 0 aromatic heterocycles. The number of halogens is 2. The van der Waals surface area contributed by atoms with Crippen molar-refractivity contribution in [2.24, 2.45) is 5.41 Å². The van der Waals surface area contributed by atoms with Gasteiger partial charge >= 0.3 is 26.2 Å². The van der Waals surface area contributed by atoms with Gasteiger partial charge in [0.15, 0.2) is 0 Å². The maximum atomic E-state index is 3.44. The average Bonchev–Trinajstić information content (AvgIpc) is 3.00. The number of rotatable bonds is 3. The van der Waals surface area contributed by atoms with Crippen LogP contribution in [0.25, 0.3) is 10.8 Å². The molecule has 0 amide bonds. The van der Waals surface area contributed by atoms with E-state index in [0.717, 1.165) is 0 Å². The topological polar surface area (TPSA) is 0 Å². The molecule has 0 N–H and O–H groups in total. The smallest absolute Gasteiger partial charge is 1.00 e. The third kappa shape index (κ3) is 7.29. The predicted octanol–water partition coefficient (Wildman–Crippen LogP) is 1.02. The van der Waals surface area contributed by atoms with Gasteiger partial charge in [-0.15, -0.1) is 47.5 Å². The Hall–Kier alpha value is 0.153.